The molecule has 2 heterocycles. The molecule has 1 aliphatic heterocycles. The predicted molar refractivity (Wildman–Crippen MR) is 141 cm³/mol. The number of fused-ring (bicyclic) bond motifs is 1. The quantitative estimate of drug-likeness (QED) is 0.412. The molecular weight excluding hydrogens is 516 g/mol. The van der Waals surface area contributed by atoms with Crippen LogP contribution in [-0.4, -0.2) is 62.0 Å². The Kier molecular flexibility index (Phi) is 8.42. The van der Waals surface area contributed by atoms with Crippen molar-refractivity contribution in [3.63, 3.8) is 0 Å². The number of hydrogen-bond acceptors (Lipinski definition) is 7. The molecule has 2 amide bonds. The van der Waals surface area contributed by atoms with E-state index in [0.717, 1.165) is 10.2 Å². The Morgan fingerprint density at radius 2 is 1.95 bits per heavy atom. The Balaban J connectivity index is 1.69. The van der Waals surface area contributed by atoms with Gasteiger partial charge < -0.3 is 19.4 Å². The SMILES string of the molecule is CCOCCn1c(=NC(=O)C2CCCN2S(=O)(=O)c2ccc(OC)cc2)sc2cc(NC(C)=O)ccc21. The molecule has 1 unspecified atom stereocenters. The summed E-state index contributed by atoms with van der Waals surface area (Å²) in [5.74, 6) is -0.140. The molecule has 0 radical (unpaired) electrons. The topological polar surface area (TPSA) is 119 Å². The lowest BCUT2D eigenvalue weighted by atomic mass is 10.2. The smallest absolute Gasteiger partial charge is 0.266 e. The molecule has 1 saturated heterocycles. The third kappa shape index (κ3) is 5.93. The molecule has 0 saturated carbocycles. The third-order valence-electron chi connectivity index (χ3n) is 6.03. The number of hydrogen-bond donors (Lipinski definition) is 1. The summed E-state index contributed by atoms with van der Waals surface area (Å²) in [4.78, 5) is 29.8. The van der Waals surface area contributed by atoms with Gasteiger partial charge in [-0.25, -0.2) is 8.42 Å². The van der Waals surface area contributed by atoms with Gasteiger partial charge in [-0.05, 0) is 62.2 Å². The number of nitrogens with zero attached hydrogens (tertiary/aromatic N) is 3. The van der Waals surface area contributed by atoms with Crippen LogP contribution < -0.4 is 14.9 Å². The second-order valence-electron chi connectivity index (χ2n) is 8.50. The van der Waals surface area contributed by atoms with E-state index in [0.29, 0.717) is 48.8 Å². The molecule has 2 aromatic carbocycles. The van der Waals surface area contributed by atoms with E-state index >= 15 is 0 Å². The zero-order chi connectivity index (χ0) is 26.6. The Bertz CT molecular complexity index is 1460. The largest absolute Gasteiger partial charge is 0.497 e. The predicted octanol–water partition coefficient (Wildman–Crippen LogP) is 2.99. The van der Waals surface area contributed by atoms with Crippen LogP contribution in [0.1, 0.15) is 26.7 Å². The lowest BCUT2D eigenvalue weighted by Crippen LogP contribution is -2.40. The van der Waals surface area contributed by atoms with Crippen molar-refractivity contribution in [3.8, 4) is 5.75 Å². The van der Waals surface area contributed by atoms with Crippen LogP contribution in [-0.2, 0) is 30.9 Å². The van der Waals surface area contributed by atoms with Gasteiger partial charge in [-0.3, -0.25) is 9.59 Å². The fraction of sp³-hybridized carbons (Fsp3) is 0.400. The number of amides is 2. The average Bonchev–Trinajstić information content (AvgIpc) is 3.49. The number of carbonyl (C=O) groups excluding carboxylic acids is 2. The van der Waals surface area contributed by atoms with Crippen molar-refractivity contribution in [3.05, 3.63) is 47.3 Å². The van der Waals surface area contributed by atoms with Gasteiger partial charge in [-0.15, -0.1) is 0 Å². The van der Waals surface area contributed by atoms with Gasteiger partial charge in [0.05, 0.1) is 28.8 Å². The Morgan fingerprint density at radius 1 is 1.19 bits per heavy atom. The lowest BCUT2D eigenvalue weighted by Gasteiger charge is -2.21. The first-order valence-corrected chi connectivity index (χ1v) is 14.2. The maximum absolute atomic E-state index is 13.4. The molecule has 0 bridgehead atoms. The number of methoxy groups -OCH3 is 1. The van der Waals surface area contributed by atoms with Crippen LogP contribution in [0.25, 0.3) is 10.2 Å². The van der Waals surface area contributed by atoms with Crippen molar-refractivity contribution >= 4 is 49.1 Å². The molecule has 37 heavy (non-hydrogen) atoms. The van der Waals surface area contributed by atoms with Crippen LogP contribution in [0.4, 0.5) is 5.69 Å². The highest BCUT2D eigenvalue weighted by molar-refractivity contribution is 7.89. The molecule has 1 atom stereocenters. The van der Waals surface area contributed by atoms with E-state index in [-0.39, 0.29) is 17.3 Å². The number of sulfonamides is 1. The van der Waals surface area contributed by atoms with Gasteiger partial charge in [0.25, 0.3) is 5.91 Å². The molecule has 3 aromatic rings. The Labute approximate surface area is 219 Å². The molecule has 0 aliphatic carbocycles. The van der Waals surface area contributed by atoms with Crippen molar-refractivity contribution in [2.24, 2.45) is 4.99 Å². The van der Waals surface area contributed by atoms with Crippen LogP contribution in [0.15, 0.2) is 52.4 Å². The zero-order valence-corrected chi connectivity index (χ0v) is 22.6. The number of benzene rings is 2. The van der Waals surface area contributed by atoms with Crippen LogP contribution in [0.5, 0.6) is 5.75 Å². The van der Waals surface area contributed by atoms with Crippen LogP contribution in [0, 0.1) is 0 Å². The first kappa shape index (κ1) is 27.0. The second kappa shape index (κ2) is 11.5. The summed E-state index contributed by atoms with van der Waals surface area (Å²) in [6.45, 7) is 5.05. The van der Waals surface area contributed by atoms with Gasteiger partial charge in [0.2, 0.25) is 15.9 Å². The monoisotopic (exact) mass is 546 g/mol. The van der Waals surface area contributed by atoms with Gasteiger partial charge in [-0.2, -0.15) is 9.30 Å². The van der Waals surface area contributed by atoms with E-state index in [1.807, 2.05) is 23.6 Å². The average molecular weight is 547 g/mol. The summed E-state index contributed by atoms with van der Waals surface area (Å²) >= 11 is 1.31. The maximum atomic E-state index is 13.4. The van der Waals surface area contributed by atoms with E-state index in [1.165, 1.54) is 41.8 Å². The van der Waals surface area contributed by atoms with Crippen molar-refractivity contribution in [1.29, 1.82) is 0 Å². The minimum absolute atomic E-state index is 0.104. The molecule has 0 spiro atoms. The molecule has 4 rings (SSSR count). The summed E-state index contributed by atoms with van der Waals surface area (Å²) in [5, 5.41) is 2.76. The van der Waals surface area contributed by atoms with E-state index in [2.05, 4.69) is 10.3 Å². The van der Waals surface area contributed by atoms with Crippen molar-refractivity contribution < 1.29 is 27.5 Å². The van der Waals surface area contributed by atoms with Crippen molar-refractivity contribution in [2.45, 2.75) is 44.2 Å². The number of carbonyl (C=O) groups is 2. The summed E-state index contributed by atoms with van der Waals surface area (Å²) < 4.78 is 41.3. The van der Waals surface area contributed by atoms with Crippen molar-refractivity contribution in [1.82, 2.24) is 8.87 Å². The van der Waals surface area contributed by atoms with E-state index in [9.17, 15) is 18.0 Å². The number of nitrogens with one attached hydrogen (secondary N) is 1. The maximum Gasteiger partial charge on any atom is 0.266 e. The lowest BCUT2D eigenvalue weighted by molar-refractivity contribution is -0.121. The molecule has 1 aliphatic rings. The van der Waals surface area contributed by atoms with E-state index < -0.39 is 22.0 Å². The van der Waals surface area contributed by atoms with Gasteiger partial charge >= 0.3 is 0 Å². The van der Waals surface area contributed by atoms with Gasteiger partial charge in [-0.1, -0.05) is 11.3 Å². The van der Waals surface area contributed by atoms with Crippen LogP contribution in [0.3, 0.4) is 0 Å². The third-order valence-corrected chi connectivity index (χ3v) is 8.99. The van der Waals surface area contributed by atoms with Gasteiger partial charge in [0, 0.05) is 32.3 Å². The zero-order valence-electron chi connectivity index (χ0n) is 21.0. The Morgan fingerprint density at radius 3 is 2.62 bits per heavy atom. The highest BCUT2D eigenvalue weighted by Crippen LogP contribution is 2.28. The first-order chi connectivity index (χ1) is 17.7. The van der Waals surface area contributed by atoms with Crippen LogP contribution >= 0.6 is 11.3 Å². The Hall–Kier alpha value is -3.06. The fourth-order valence-electron chi connectivity index (χ4n) is 4.28. The number of anilines is 1. The van der Waals surface area contributed by atoms with Gasteiger partial charge in [0.1, 0.15) is 11.8 Å². The highest BCUT2D eigenvalue weighted by atomic mass is 32.2. The van der Waals surface area contributed by atoms with E-state index in [1.54, 1.807) is 18.2 Å². The summed E-state index contributed by atoms with van der Waals surface area (Å²) in [7, 11) is -2.38. The summed E-state index contributed by atoms with van der Waals surface area (Å²) in [5.41, 5.74) is 1.49. The number of ether oxygens (including phenoxy) is 2. The van der Waals surface area contributed by atoms with Crippen LogP contribution in [0.2, 0.25) is 0 Å². The van der Waals surface area contributed by atoms with Crippen molar-refractivity contribution in [2.75, 3.05) is 32.2 Å². The molecule has 198 valence electrons. The molecule has 1 fully saturated rings. The summed E-state index contributed by atoms with van der Waals surface area (Å²) in [6.07, 6.45) is 0.965. The summed E-state index contributed by atoms with van der Waals surface area (Å²) in [6, 6.07) is 10.7. The second-order valence-corrected chi connectivity index (χ2v) is 11.4. The number of aromatic nitrogens is 1. The molecule has 1 aromatic heterocycles. The number of thiazole rings is 1. The number of rotatable bonds is 9. The molecule has 10 nitrogen and oxygen atoms in total. The van der Waals surface area contributed by atoms with Gasteiger partial charge in [0.15, 0.2) is 4.80 Å². The minimum Gasteiger partial charge on any atom is -0.497 e. The molecule has 1 N–H and O–H groups in total. The minimum atomic E-state index is -3.89. The standard InChI is InChI=1S/C25H30N4O6S2/c1-4-35-15-14-28-21-12-7-18(26-17(2)30)16-23(21)36-25(28)27-24(31)22-6-5-13-29(22)37(32,33)20-10-8-19(34-3)9-11-20/h7-12,16,22H,4-6,13-15H2,1-3H3,(H,26,30). The highest BCUT2D eigenvalue weighted by Gasteiger charge is 2.39. The molecular formula is C25H30N4O6S2. The molecule has 12 heteroatoms. The normalized spacial score (nSPS) is 16.8. The fourth-order valence-corrected chi connectivity index (χ4v) is 7.03. The first-order valence-electron chi connectivity index (χ1n) is 12.0. The van der Waals surface area contributed by atoms with E-state index in [4.69, 9.17) is 9.47 Å².